The molecule has 1 unspecified atom stereocenters. The van der Waals surface area contributed by atoms with Gasteiger partial charge in [0.1, 0.15) is 23.1 Å². The number of ether oxygens (including phenoxy) is 3. The summed E-state index contributed by atoms with van der Waals surface area (Å²) in [5.41, 5.74) is 8.03. The fourth-order valence-electron chi connectivity index (χ4n) is 4.47. The zero-order valence-corrected chi connectivity index (χ0v) is 19.0. The molecule has 34 heavy (non-hydrogen) atoms. The van der Waals surface area contributed by atoms with Gasteiger partial charge in [-0.25, -0.2) is 9.50 Å². The van der Waals surface area contributed by atoms with E-state index in [1.807, 2.05) is 67.6 Å². The average molecular weight is 461 g/mol. The molecule has 0 radical (unpaired) electrons. The predicted molar refractivity (Wildman–Crippen MR) is 127 cm³/mol. The van der Waals surface area contributed by atoms with Gasteiger partial charge in [0.05, 0.1) is 25.9 Å². The second kappa shape index (κ2) is 9.15. The minimum Gasteiger partial charge on any atom is -0.382 e. The van der Waals surface area contributed by atoms with E-state index >= 15 is 0 Å². The molecule has 0 amide bonds. The number of nitrogens with two attached hydrogens (primary N) is 1. The molecule has 176 valence electrons. The molecule has 3 atom stereocenters. The first-order chi connectivity index (χ1) is 16.5. The third-order valence-electron chi connectivity index (χ3n) is 6.32. The van der Waals surface area contributed by atoms with Crippen LogP contribution in [0.1, 0.15) is 30.2 Å². The number of aromatic nitrogens is 3. The van der Waals surface area contributed by atoms with Crippen LogP contribution in [0.3, 0.4) is 0 Å². The van der Waals surface area contributed by atoms with Crippen LogP contribution in [0.4, 0.5) is 5.82 Å². The molecule has 8 nitrogen and oxygen atoms in total. The van der Waals surface area contributed by atoms with Crippen LogP contribution in [0.25, 0.3) is 5.52 Å². The summed E-state index contributed by atoms with van der Waals surface area (Å²) >= 11 is 0. The first kappa shape index (κ1) is 22.5. The van der Waals surface area contributed by atoms with Crippen molar-refractivity contribution in [3.63, 3.8) is 0 Å². The van der Waals surface area contributed by atoms with E-state index in [9.17, 15) is 5.11 Å². The molecule has 1 aliphatic heterocycles. The Balaban J connectivity index is 1.41. The minimum absolute atomic E-state index is 0.307. The first-order valence-electron chi connectivity index (χ1n) is 11.3. The molecule has 0 saturated carbocycles. The predicted octanol–water partition coefficient (Wildman–Crippen LogP) is 3.44. The quantitative estimate of drug-likeness (QED) is 0.415. The third-order valence-corrected chi connectivity index (χ3v) is 6.32. The van der Waals surface area contributed by atoms with E-state index in [1.165, 1.54) is 6.33 Å². The molecule has 2 aromatic heterocycles. The summed E-state index contributed by atoms with van der Waals surface area (Å²) < 4.78 is 20.1. The van der Waals surface area contributed by atoms with Crippen LogP contribution in [0, 0.1) is 0 Å². The van der Waals surface area contributed by atoms with Crippen molar-refractivity contribution in [2.45, 2.75) is 44.1 Å². The van der Waals surface area contributed by atoms with E-state index < -0.39 is 11.4 Å². The smallest absolute Gasteiger partial charge is 0.240 e. The van der Waals surface area contributed by atoms with Crippen LogP contribution >= 0.6 is 0 Å². The Kier molecular flexibility index (Phi) is 6.05. The van der Waals surface area contributed by atoms with Crippen LogP contribution in [0.15, 0.2) is 79.1 Å². The van der Waals surface area contributed by atoms with Crippen LogP contribution in [-0.4, -0.2) is 38.0 Å². The zero-order chi connectivity index (χ0) is 23.6. The molecule has 1 aliphatic rings. The molecular formula is C26H28N4O4. The summed E-state index contributed by atoms with van der Waals surface area (Å²) in [6, 6.07) is 23.3. The second-order valence-electron chi connectivity index (χ2n) is 8.75. The summed E-state index contributed by atoms with van der Waals surface area (Å²) in [7, 11) is 0. The second-order valence-corrected chi connectivity index (χ2v) is 8.75. The molecule has 0 aliphatic carbocycles. The molecule has 1 fully saturated rings. The van der Waals surface area contributed by atoms with Crippen molar-refractivity contribution in [2.24, 2.45) is 0 Å². The molecular weight excluding hydrogens is 432 g/mol. The SMILES string of the molecule is C[C@@]1(OCc2ccccc2)C[C@@H](COCc2ccccc2)OC1(O)c1ccc2c(N)ncnn12. The summed E-state index contributed by atoms with van der Waals surface area (Å²) in [6.07, 6.45) is 1.39. The summed E-state index contributed by atoms with van der Waals surface area (Å²) in [4.78, 5) is 4.04. The Bertz CT molecular complexity index is 1250. The van der Waals surface area contributed by atoms with Gasteiger partial charge in [-0.2, -0.15) is 5.10 Å². The maximum absolute atomic E-state index is 12.0. The molecule has 1 saturated heterocycles. The Morgan fingerprint density at radius 1 is 1.03 bits per heavy atom. The van der Waals surface area contributed by atoms with E-state index in [1.54, 1.807) is 16.6 Å². The van der Waals surface area contributed by atoms with Crippen LogP contribution < -0.4 is 5.73 Å². The lowest BCUT2D eigenvalue weighted by Crippen LogP contribution is -2.49. The number of fused-ring (bicyclic) bond motifs is 1. The maximum atomic E-state index is 12.0. The molecule has 3 N–H and O–H groups in total. The van der Waals surface area contributed by atoms with E-state index in [4.69, 9.17) is 19.9 Å². The average Bonchev–Trinajstić information content (AvgIpc) is 3.40. The van der Waals surface area contributed by atoms with Gasteiger partial charge < -0.3 is 25.1 Å². The lowest BCUT2D eigenvalue weighted by Gasteiger charge is -2.37. The largest absolute Gasteiger partial charge is 0.382 e. The molecule has 2 aromatic carbocycles. The van der Waals surface area contributed by atoms with Gasteiger partial charge in [-0.3, -0.25) is 0 Å². The fourth-order valence-corrected chi connectivity index (χ4v) is 4.47. The van der Waals surface area contributed by atoms with Gasteiger partial charge >= 0.3 is 0 Å². The van der Waals surface area contributed by atoms with Gasteiger partial charge in [0, 0.05) is 6.42 Å². The summed E-state index contributed by atoms with van der Waals surface area (Å²) in [5, 5.41) is 16.3. The third kappa shape index (κ3) is 4.17. The van der Waals surface area contributed by atoms with Gasteiger partial charge in [-0.15, -0.1) is 0 Å². The maximum Gasteiger partial charge on any atom is 0.240 e. The number of hydrogen-bond donors (Lipinski definition) is 2. The van der Waals surface area contributed by atoms with Crippen LogP contribution in [0.2, 0.25) is 0 Å². The number of rotatable bonds is 8. The standard InChI is InChI=1S/C26H28N4O4/c1-25(33-16-20-10-6-3-7-11-20)14-21(17-32-15-19-8-4-2-5-9-19)34-26(25,31)23-13-12-22-24(27)28-18-29-30(22)23/h2-13,18,21,31H,14-17H2,1H3,(H2,27,28,29)/t21-,25+,26?/m0/s1. The van der Waals surface area contributed by atoms with Gasteiger partial charge in [-0.1, -0.05) is 60.7 Å². The van der Waals surface area contributed by atoms with Crippen molar-refractivity contribution in [1.29, 1.82) is 0 Å². The number of anilines is 1. The minimum atomic E-state index is -1.78. The number of aliphatic hydroxyl groups is 1. The van der Waals surface area contributed by atoms with E-state index in [-0.39, 0.29) is 6.10 Å². The van der Waals surface area contributed by atoms with Crippen molar-refractivity contribution in [2.75, 3.05) is 12.3 Å². The lowest BCUT2D eigenvalue weighted by molar-refractivity contribution is -0.288. The Morgan fingerprint density at radius 3 is 2.41 bits per heavy atom. The van der Waals surface area contributed by atoms with Gasteiger partial charge in [0.2, 0.25) is 5.79 Å². The lowest BCUT2D eigenvalue weighted by atomic mass is 9.90. The monoisotopic (exact) mass is 460 g/mol. The number of nitrogen functional groups attached to an aromatic ring is 1. The molecule has 5 rings (SSSR count). The summed E-state index contributed by atoms with van der Waals surface area (Å²) in [6.45, 7) is 2.94. The highest BCUT2D eigenvalue weighted by molar-refractivity contribution is 5.65. The summed E-state index contributed by atoms with van der Waals surface area (Å²) in [5.74, 6) is -1.46. The molecule has 8 heteroatoms. The van der Waals surface area contributed by atoms with Crippen molar-refractivity contribution in [3.8, 4) is 0 Å². The van der Waals surface area contributed by atoms with Crippen molar-refractivity contribution >= 4 is 11.3 Å². The molecule has 0 spiro atoms. The number of benzene rings is 2. The van der Waals surface area contributed by atoms with E-state index in [0.717, 1.165) is 11.1 Å². The molecule has 0 bridgehead atoms. The van der Waals surface area contributed by atoms with Gasteiger partial charge in [-0.05, 0) is 30.2 Å². The van der Waals surface area contributed by atoms with Crippen molar-refractivity contribution < 1.29 is 19.3 Å². The molecule has 3 heterocycles. The normalized spacial score (nSPS) is 24.6. The van der Waals surface area contributed by atoms with Gasteiger partial charge in [0.25, 0.3) is 0 Å². The van der Waals surface area contributed by atoms with Crippen LogP contribution in [-0.2, 0) is 33.2 Å². The topological polar surface area (TPSA) is 104 Å². The first-order valence-corrected chi connectivity index (χ1v) is 11.3. The zero-order valence-electron chi connectivity index (χ0n) is 19.0. The van der Waals surface area contributed by atoms with Crippen LogP contribution in [0.5, 0.6) is 0 Å². The highest BCUT2D eigenvalue weighted by Crippen LogP contribution is 2.48. The Hall–Kier alpha value is -3.30. The molecule has 4 aromatic rings. The Morgan fingerprint density at radius 2 is 1.71 bits per heavy atom. The highest BCUT2D eigenvalue weighted by atomic mass is 16.7. The van der Waals surface area contributed by atoms with E-state index in [0.29, 0.717) is 43.3 Å². The number of nitrogens with zero attached hydrogens (tertiary/aromatic N) is 3. The number of hydrogen-bond acceptors (Lipinski definition) is 7. The highest BCUT2D eigenvalue weighted by Gasteiger charge is 2.60. The van der Waals surface area contributed by atoms with Crippen molar-refractivity contribution in [1.82, 2.24) is 14.6 Å². The Labute approximate surface area is 197 Å². The fraction of sp³-hybridized carbons (Fsp3) is 0.308. The van der Waals surface area contributed by atoms with Gasteiger partial charge in [0.15, 0.2) is 5.82 Å². The van der Waals surface area contributed by atoms with E-state index in [2.05, 4.69) is 10.1 Å². The van der Waals surface area contributed by atoms with Crippen molar-refractivity contribution in [3.05, 3.63) is 95.9 Å².